The predicted octanol–water partition coefficient (Wildman–Crippen LogP) is 3.70. The number of carbonyl (C=O) groups is 2. The number of imide groups is 1. The highest BCUT2D eigenvalue weighted by molar-refractivity contribution is 7.10. The van der Waals surface area contributed by atoms with Gasteiger partial charge >= 0.3 is 0 Å². The van der Waals surface area contributed by atoms with Crippen LogP contribution in [0.15, 0.2) is 17.5 Å². The van der Waals surface area contributed by atoms with E-state index in [4.69, 9.17) is 0 Å². The van der Waals surface area contributed by atoms with Gasteiger partial charge in [-0.25, -0.2) is 0 Å². The molecule has 1 aliphatic carbocycles. The van der Waals surface area contributed by atoms with Gasteiger partial charge in [-0.05, 0) is 29.7 Å². The Morgan fingerprint density at radius 3 is 2.57 bits per heavy atom. The van der Waals surface area contributed by atoms with Crippen molar-refractivity contribution in [3.05, 3.63) is 22.4 Å². The number of rotatable bonds is 4. The highest BCUT2D eigenvalue weighted by Crippen LogP contribution is 2.46. The van der Waals surface area contributed by atoms with E-state index in [2.05, 4.69) is 37.5 Å². The van der Waals surface area contributed by atoms with E-state index in [0.717, 1.165) is 25.7 Å². The standard InChI is InChI=1S/C18H26N2O2S/c1-17(2,3)15(13-7-6-10-23-13)19-12-20-14(21)11-18(16(20)22)8-4-5-9-18/h6-7,10,15,19H,4-5,8-9,11-12H2,1-3H3. The molecular formula is C18H26N2O2S. The largest absolute Gasteiger partial charge is 0.291 e. The Hall–Kier alpha value is -1.20. The van der Waals surface area contributed by atoms with Crippen molar-refractivity contribution in [1.29, 1.82) is 0 Å². The highest BCUT2D eigenvalue weighted by Gasteiger charge is 2.52. The van der Waals surface area contributed by atoms with E-state index in [-0.39, 0.29) is 28.7 Å². The molecule has 2 amide bonds. The van der Waals surface area contributed by atoms with Crippen molar-refractivity contribution in [2.75, 3.05) is 6.67 Å². The maximum atomic E-state index is 12.8. The second-order valence-corrected chi connectivity index (χ2v) is 8.95. The molecule has 2 aliphatic rings. The zero-order valence-electron chi connectivity index (χ0n) is 14.2. The van der Waals surface area contributed by atoms with Crippen LogP contribution in [0.1, 0.15) is 63.8 Å². The second-order valence-electron chi connectivity index (χ2n) is 7.97. The molecule has 126 valence electrons. The first-order valence-electron chi connectivity index (χ1n) is 8.45. The molecule has 1 aromatic rings. The predicted molar refractivity (Wildman–Crippen MR) is 91.9 cm³/mol. The fourth-order valence-electron chi connectivity index (χ4n) is 3.93. The van der Waals surface area contributed by atoms with Crippen LogP contribution in [0.25, 0.3) is 0 Å². The molecule has 1 aromatic heterocycles. The zero-order valence-corrected chi connectivity index (χ0v) is 15.0. The molecule has 0 aromatic carbocycles. The Labute approximate surface area is 142 Å². The van der Waals surface area contributed by atoms with Crippen LogP contribution in [0.2, 0.25) is 0 Å². The molecule has 1 unspecified atom stereocenters. The van der Waals surface area contributed by atoms with Gasteiger partial charge < -0.3 is 0 Å². The lowest BCUT2D eigenvalue weighted by Gasteiger charge is -2.32. The van der Waals surface area contributed by atoms with E-state index in [9.17, 15) is 9.59 Å². The van der Waals surface area contributed by atoms with Crippen LogP contribution in [-0.2, 0) is 9.59 Å². The van der Waals surface area contributed by atoms with Crippen molar-refractivity contribution in [3.63, 3.8) is 0 Å². The van der Waals surface area contributed by atoms with Gasteiger partial charge in [0.2, 0.25) is 11.8 Å². The summed E-state index contributed by atoms with van der Waals surface area (Å²) in [6.45, 7) is 6.85. The third kappa shape index (κ3) is 3.09. The van der Waals surface area contributed by atoms with Crippen LogP contribution >= 0.6 is 11.3 Å². The normalized spacial score (nSPS) is 22.3. The number of hydrogen-bond donors (Lipinski definition) is 1. The summed E-state index contributed by atoms with van der Waals surface area (Å²) in [6.07, 6.45) is 4.30. The average Bonchev–Trinajstić information content (AvgIpc) is 3.16. The molecule has 1 N–H and O–H groups in total. The Morgan fingerprint density at radius 2 is 2.00 bits per heavy atom. The fourth-order valence-corrected chi connectivity index (χ4v) is 4.98. The minimum atomic E-state index is -0.376. The number of nitrogens with zero attached hydrogens (tertiary/aromatic N) is 1. The first-order valence-corrected chi connectivity index (χ1v) is 9.33. The number of amides is 2. The molecule has 2 fully saturated rings. The van der Waals surface area contributed by atoms with Crippen molar-refractivity contribution in [1.82, 2.24) is 10.2 Å². The van der Waals surface area contributed by atoms with Crippen molar-refractivity contribution < 1.29 is 9.59 Å². The van der Waals surface area contributed by atoms with Crippen LogP contribution in [-0.4, -0.2) is 23.4 Å². The van der Waals surface area contributed by atoms with Crippen LogP contribution in [0, 0.1) is 10.8 Å². The maximum absolute atomic E-state index is 12.8. The topological polar surface area (TPSA) is 49.4 Å². The molecule has 1 saturated heterocycles. The van der Waals surface area contributed by atoms with Gasteiger partial charge in [-0.1, -0.05) is 39.7 Å². The summed E-state index contributed by atoms with van der Waals surface area (Å²) < 4.78 is 0. The summed E-state index contributed by atoms with van der Waals surface area (Å²) >= 11 is 1.71. The molecule has 1 saturated carbocycles. The van der Waals surface area contributed by atoms with Crippen molar-refractivity contribution in [2.45, 2.75) is 58.9 Å². The van der Waals surface area contributed by atoms with Gasteiger partial charge in [-0.3, -0.25) is 19.8 Å². The van der Waals surface area contributed by atoms with Gasteiger partial charge in [0.15, 0.2) is 0 Å². The average molecular weight is 334 g/mol. The lowest BCUT2D eigenvalue weighted by Crippen LogP contribution is -2.44. The quantitative estimate of drug-likeness (QED) is 0.854. The SMILES string of the molecule is CC(C)(C)C(NCN1C(=O)CC2(CCCC2)C1=O)c1cccs1. The Balaban J connectivity index is 1.71. The molecule has 23 heavy (non-hydrogen) atoms. The van der Waals surface area contributed by atoms with Crippen molar-refractivity contribution in [3.8, 4) is 0 Å². The van der Waals surface area contributed by atoms with Crippen LogP contribution in [0.5, 0.6) is 0 Å². The number of carbonyl (C=O) groups excluding carboxylic acids is 2. The Morgan fingerprint density at radius 1 is 1.30 bits per heavy atom. The minimum absolute atomic E-state index is 0.0109. The molecule has 1 aliphatic heterocycles. The lowest BCUT2D eigenvalue weighted by atomic mass is 9.84. The van der Waals surface area contributed by atoms with Gasteiger partial charge in [0.1, 0.15) is 0 Å². The molecule has 0 bridgehead atoms. The summed E-state index contributed by atoms with van der Waals surface area (Å²) in [5.74, 6) is 0.0366. The molecule has 3 rings (SSSR count). The van der Waals surface area contributed by atoms with Crippen LogP contribution in [0.3, 0.4) is 0 Å². The fraction of sp³-hybridized carbons (Fsp3) is 0.667. The summed E-state index contributed by atoms with van der Waals surface area (Å²) in [6, 6.07) is 4.28. The third-order valence-corrected chi connectivity index (χ3v) is 6.13. The van der Waals surface area contributed by atoms with E-state index in [1.807, 2.05) is 6.07 Å². The van der Waals surface area contributed by atoms with Gasteiger partial charge in [-0.15, -0.1) is 11.3 Å². The van der Waals surface area contributed by atoms with Gasteiger partial charge in [-0.2, -0.15) is 0 Å². The van der Waals surface area contributed by atoms with E-state index in [1.165, 1.54) is 9.78 Å². The van der Waals surface area contributed by atoms with Gasteiger partial charge in [0.05, 0.1) is 12.1 Å². The van der Waals surface area contributed by atoms with E-state index in [1.54, 1.807) is 11.3 Å². The van der Waals surface area contributed by atoms with E-state index in [0.29, 0.717) is 13.1 Å². The monoisotopic (exact) mass is 334 g/mol. The first kappa shape index (κ1) is 16.7. The number of thiophene rings is 1. The Bertz CT molecular complexity index is 583. The second kappa shape index (κ2) is 6.02. The molecular weight excluding hydrogens is 308 g/mol. The lowest BCUT2D eigenvalue weighted by molar-refractivity contribution is -0.142. The van der Waals surface area contributed by atoms with E-state index < -0.39 is 0 Å². The summed E-state index contributed by atoms with van der Waals surface area (Å²) in [7, 11) is 0. The van der Waals surface area contributed by atoms with Gasteiger partial charge in [0, 0.05) is 17.3 Å². The molecule has 4 nitrogen and oxygen atoms in total. The van der Waals surface area contributed by atoms with Crippen LogP contribution < -0.4 is 5.32 Å². The summed E-state index contributed by atoms with van der Waals surface area (Å²) in [5.41, 5.74) is -0.360. The number of likely N-dealkylation sites (tertiary alicyclic amines) is 1. The maximum Gasteiger partial charge on any atom is 0.237 e. The van der Waals surface area contributed by atoms with Crippen molar-refractivity contribution in [2.24, 2.45) is 10.8 Å². The van der Waals surface area contributed by atoms with E-state index >= 15 is 0 Å². The number of hydrogen-bond acceptors (Lipinski definition) is 4. The molecule has 0 radical (unpaired) electrons. The zero-order chi connectivity index (χ0) is 16.7. The first-order chi connectivity index (χ1) is 10.8. The molecule has 1 spiro atoms. The van der Waals surface area contributed by atoms with Crippen LogP contribution in [0.4, 0.5) is 0 Å². The molecule has 5 heteroatoms. The Kier molecular flexibility index (Phi) is 4.36. The van der Waals surface area contributed by atoms with Gasteiger partial charge in [0.25, 0.3) is 0 Å². The van der Waals surface area contributed by atoms with Crippen molar-refractivity contribution >= 4 is 23.2 Å². The number of nitrogens with one attached hydrogen (secondary N) is 1. The minimum Gasteiger partial charge on any atom is -0.291 e. The molecule has 2 heterocycles. The summed E-state index contributed by atoms with van der Waals surface area (Å²) in [5, 5.41) is 5.53. The smallest absolute Gasteiger partial charge is 0.237 e. The third-order valence-electron chi connectivity index (χ3n) is 5.20. The highest BCUT2D eigenvalue weighted by atomic mass is 32.1. The summed E-state index contributed by atoms with van der Waals surface area (Å²) in [4.78, 5) is 27.8. The molecule has 1 atom stereocenters.